The predicted molar refractivity (Wildman–Crippen MR) is 61.6 cm³/mol. The molecule has 0 spiro atoms. The van der Waals surface area contributed by atoms with E-state index >= 15 is 0 Å². The minimum Gasteiger partial charge on any atom is -0.379 e. The van der Waals surface area contributed by atoms with Crippen LogP contribution >= 0.6 is 0 Å². The number of carbonyl (C=O) groups is 2. The Hall–Kier alpha value is -1.14. The Kier molecular flexibility index (Phi) is 3.35. The zero-order chi connectivity index (χ0) is 12.5. The molecule has 0 aromatic heterocycles. The summed E-state index contributed by atoms with van der Waals surface area (Å²) in [6.45, 7) is 8.17. The van der Waals surface area contributed by atoms with Crippen LogP contribution in [0.2, 0.25) is 0 Å². The summed E-state index contributed by atoms with van der Waals surface area (Å²) in [6.07, 6.45) is 0. The Balaban J connectivity index is 1.89. The number of urea groups is 1. The quantitative estimate of drug-likeness (QED) is 0.686. The van der Waals surface area contributed by atoms with Gasteiger partial charge in [-0.3, -0.25) is 15.0 Å². The number of hydrogen-bond acceptors (Lipinski definition) is 4. The molecule has 2 heterocycles. The molecule has 17 heavy (non-hydrogen) atoms. The molecule has 3 amide bonds. The van der Waals surface area contributed by atoms with Crippen LogP contribution in [0.5, 0.6) is 0 Å². The van der Waals surface area contributed by atoms with Gasteiger partial charge in [0.25, 0.3) is 5.91 Å². The zero-order valence-electron chi connectivity index (χ0n) is 10.4. The summed E-state index contributed by atoms with van der Waals surface area (Å²) >= 11 is 0. The molecule has 1 N–H and O–H groups in total. The maximum absolute atomic E-state index is 11.6. The van der Waals surface area contributed by atoms with Crippen LogP contribution in [0.4, 0.5) is 4.79 Å². The van der Waals surface area contributed by atoms with Crippen LogP contribution in [0.25, 0.3) is 0 Å². The van der Waals surface area contributed by atoms with Crippen molar-refractivity contribution in [2.24, 2.45) is 0 Å². The summed E-state index contributed by atoms with van der Waals surface area (Å²) in [5.41, 5.74) is -0.733. The third-order valence-corrected chi connectivity index (χ3v) is 3.44. The highest BCUT2D eigenvalue weighted by Gasteiger charge is 2.45. The summed E-state index contributed by atoms with van der Waals surface area (Å²) in [7, 11) is 0. The van der Waals surface area contributed by atoms with Gasteiger partial charge in [-0.15, -0.1) is 0 Å². The zero-order valence-corrected chi connectivity index (χ0v) is 10.4. The van der Waals surface area contributed by atoms with Gasteiger partial charge in [-0.05, 0) is 13.8 Å². The summed E-state index contributed by atoms with van der Waals surface area (Å²) < 4.78 is 5.26. The van der Waals surface area contributed by atoms with Gasteiger partial charge in [0.2, 0.25) is 0 Å². The van der Waals surface area contributed by atoms with Gasteiger partial charge in [0.15, 0.2) is 0 Å². The minimum atomic E-state index is -0.733. The summed E-state index contributed by atoms with van der Waals surface area (Å²) in [5.74, 6) is -0.218. The molecule has 0 unspecified atom stereocenters. The van der Waals surface area contributed by atoms with Gasteiger partial charge in [-0.2, -0.15) is 0 Å². The molecule has 0 aliphatic carbocycles. The van der Waals surface area contributed by atoms with Crippen LogP contribution in [-0.2, 0) is 9.53 Å². The molecule has 0 saturated carbocycles. The maximum atomic E-state index is 11.6. The lowest BCUT2D eigenvalue weighted by molar-refractivity contribution is -0.125. The number of nitrogens with zero attached hydrogens (tertiary/aromatic N) is 2. The normalized spacial score (nSPS) is 25.2. The van der Waals surface area contributed by atoms with Gasteiger partial charge in [-0.1, -0.05) is 0 Å². The van der Waals surface area contributed by atoms with Crippen molar-refractivity contribution in [2.45, 2.75) is 19.4 Å². The molecular formula is C11H19N3O3. The first kappa shape index (κ1) is 12.3. The van der Waals surface area contributed by atoms with Gasteiger partial charge >= 0.3 is 6.03 Å². The second-order valence-corrected chi connectivity index (χ2v) is 4.92. The molecule has 0 aromatic carbocycles. The summed E-state index contributed by atoms with van der Waals surface area (Å²) in [5, 5.41) is 2.35. The fraction of sp³-hybridized carbons (Fsp3) is 0.818. The first-order valence-electron chi connectivity index (χ1n) is 5.95. The first-order valence-corrected chi connectivity index (χ1v) is 5.95. The summed E-state index contributed by atoms with van der Waals surface area (Å²) in [4.78, 5) is 27.0. The van der Waals surface area contributed by atoms with Crippen molar-refractivity contribution < 1.29 is 14.3 Å². The van der Waals surface area contributed by atoms with E-state index in [0.29, 0.717) is 6.54 Å². The smallest absolute Gasteiger partial charge is 0.325 e. The number of carbonyl (C=O) groups excluding carboxylic acids is 2. The third-order valence-electron chi connectivity index (χ3n) is 3.44. The molecule has 0 aromatic rings. The Morgan fingerprint density at radius 1 is 1.24 bits per heavy atom. The fourth-order valence-corrected chi connectivity index (χ4v) is 2.14. The molecule has 0 atom stereocenters. The number of morpholine rings is 1. The Bertz CT molecular complexity index is 324. The average molecular weight is 241 g/mol. The summed E-state index contributed by atoms with van der Waals surface area (Å²) in [6, 6.07) is -0.284. The fourth-order valence-electron chi connectivity index (χ4n) is 2.14. The molecule has 96 valence electrons. The standard InChI is InChI=1S/C11H19N3O3/c1-11(2)9(15)12-10(16)14(11)4-3-13-5-7-17-8-6-13/h3-8H2,1-2H3,(H,12,15,16). The van der Waals surface area contributed by atoms with Crippen molar-refractivity contribution in [3.05, 3.63) is 0 Å². The number of amides is 3. The van der Waals surface area contributed by atoms with Crippen LogP contribution in [0.3, 0.4) is 0 Å². The van der Waals surface area contributed by atoms with Gasteiger partial charge in [0, 0.05) is 26.2 Å². The van der Waals surface area contributed by atoms with Crippen LogP contribution in [0.1, 0.15) is 13.8 Å². The lowest BCUT2D eigenvalue weighted by Gasteiger charge is -2.32. The van der Waals surface area contributed by atoms with Crippen molar-refractivity contribution >= 4 is 11.9 Å². The Morgan fingerprint density at radius 3 is 2.41 bits per heavy atom. The van der Waals surface area contributed by atoms with E-state index in [1.165, 1.54) is 0 Å². The molecule has 2 aliphatic heterocycles. The van der Waals surface area contributed by atoms with Crippen LogP contribution in [-0.4, -0.2) is 66.7 Å². The van der Waals surface area contributed by atoms with E-state index in [2.05, 4.69) is 10.2 Å². The number of ether oxygens (including phenoxy) is 1. The van der Waals surface area contributed by atoms with Crippen LogP contribution in [0, 0.1) is 0 Å². The first-order chi connectivity index (χ1) is 8.01. The van der Waals surface area contributed by atoms with Gasteiger partial charge in [0.1, 0.15) is 5.54 Å². The molecular weight excluding hydrogens is 222 g/mol. The highest BCUT2D eigenvalue weighted by molar-refractivity contribution is 6.06. The molecule has 6 nitrogen and oxygen atoms in total. The number of hydrogen-bond donors (Lipinski definition) is 1. The van der Waals surface area contributed by atoms with E-state index in [1.807, 2.05) is 0 Å². The third kappa shape index (κ3) is 2.42. The largest absolute Gasteiger partial charge is 0.379 e. The highest BCUT2D eigenvalue weighted by Crippen LogP contribution is 2.20. The second-order valence-electron chi connectivity index (χ2n) is 4.92. The van der Waals surface area contributed by atoms with E-state index in [1.54, 1.807) is 18.7 Å². The van der Waals surface area contributed by atoms with E-state index in [0.717, 1.165) is 32.8 Å². The van der Waals surface area contributed by atoms with Gasteiger partial charge < -0.3 is 9.64 Å². The average Bonchev–Trinajstić information content (AvgIpc) is 2.48. The molecule has 2 aliphatic rings. The topological polar surface area (TPSA) is 61.9 Å². The van der Waals surface area contributed by atoms with Crippen molar-refractivity contribution in [2.75, 3.05) is 39.4 Å². The molecule has 0 bridgehead atoms. The van der Waals surface area contributed by atoms with Crippen molar-refractivity contribution in [3.63, 3.8) is 0 Å². The number of rotatable bonds is 3. The second kappa shape index (κ2) is 4.62. The van der Waals surface area contributed by atoms with E-state index in [-0.39, 0.29) is 11.9 Å². The SMILES string of the molecule is CC1(C)C(=O)NC(=O)N1CCN1CCOCC1. The lowest BCUT2D eigenvalue weighted by Crippen LogP contribution is -2.48. The maximum Gasteiger partial charge on any atom is 0.325 e. The van der Waals surface area contributed by atoms with Crippen molar-refractivity contribution in [3.8, 4) is 0 Å². The molecule has 2 saturated heterocycles. The van der Waals surface area contributed by atoms with Crippen LogP contribution < -0.4 is 5.32 Å². The molecule has 6 heteroatoms. The lowest BCUT2D eigenvalue weighted by atomic mass is 10.0. The van der Waals surface area contributed by atoms with Crippen molar-refractivity contribution in [1.29, 1.82) is 0 Å². The van der Waals surface area contributed by atoms with E-state index < -0.39 is 5.54 Å². The van der Waals surface area contributed by atoms with Gasteiger partial charge in [-0.25, -0.2) is 4.79 Å². The number of imide groups is 1. The van der Waals surface area contributed by atoms with E-state index in [9.17, 15) is 9.59 Å². The van der Waals surface area contributed by atoms with Crippen LogP contribution in [0.15, 0.2) is 0 Å². The Morgan fingerprint density at radius 2 is 1.88 bits per heavy atom. The molecule has 2 fully saturated rings. The minimum absolute atomic E-state index is 0.218. The van der Waals surface area contributed by atoms with E-state index in [4.69, 9.17) is 4.74 Å². The monoisotopic (exact) mass is 241 g/mol. The predicted octanol–water partition coefficient (Wildman–Crippen LogP) is -0.351. The van der Waals surface area contributed by atoms with Gasteiger partial charge in [0.05, 0.1) is 13.2 Å². The highest BCUT2D eigenvalue weighted by atomic mass is 16.5. The van der Waals surface area contributed by atoms with Crippen molar-refractivity contribution in [1.82, 2.24) is 15.1 Å². The molecule has 2 rings (SSSR count). The number of nitrogens with one attached hydrogen (secondary N) is 1. The Labute approximate surface area is 101 Å². The molecule has 0 radical (unpaired) electrons.